The standard InChI is InChI=1S/C13H20ClN3O2/c1-8-12(14)11(17(2)16-8)7-15-10-5-3-4-9(6-10)13(18)19/h9-10,15H,3-7H2,1-2H3,(H,18,19). The summed E-state index contributed by atoms with van der Waals surface area (Å²) in [6.45, 7) is 2.51. The van der Waals surface area contributed by atoms with Gasteiger partial charge in [0.05, 0.1) is 22.3 Å². The van der Waals surface area contributed by atoms with Gasteiger partial charge in [-0.25, -0.2) is 0 Å². The van der Waals surface area contributed by atoms with Crippen molar-refractivity contribution in [2.45, 2.75) is 45.2 Å². The fraction of sp³-hybridized carbons (Fsp3) is 0.692. The highest BCUT2D eigenvalue weighted by atomic mass is 35.5. The molecule has 2 unspecified atom stereocenters. The van der Waals surface area contributed by atoms with E-state index in [1.807, 2.05) is 14.0 Å². The van der Waals surface area contributed by atoms with Crippen molar-refractivity contribution < 1.29 is 9.90 Å². The summed E-state index contributed by atoms with van der Waals surface area (Å²) in [4.78, 5) is 11.0. The number of carbonyl (C=O) groups is 1. The smallest absolute Gasteiger partial charge is 0.306 e. The third kappa shape index (κ3) is 3.28. The maximum absolute atomic E-state index is 11.0. The van der Waals surface area contributed by atoms with Crippen LogP contribution in [-0.4, -0.2) is 26.9 Å². The van der Waals surface area contributed by atoms with Crippen LogP contribution in [0.3, 0.4) is 0 Å². The van der Waals surface area contributed by atoms with Gasteiger partial charge in [0.1, 0.15) is 0 Å². The molecule has 5 nitrogen and oxygen atoms in total. The highest BCUT2D eigenvalue weighted by molar-refractivity contribution is 6.31. The van der Waals surface area contributed by atoms with Gasteiger partial charge in [0.15, 0.2) is 0 Å². The van der Waals surface area contributed by atoms with Crippen molar-refractivity contribution in [2.24, 2.45) is 13.0 Å². The zero-order valence-corrected chi connectivity index (χ0v) is 12.1. The molecule has 1 fully saturated rings. The Hall–Kier alpha value is -1.07. The van der Waals surface area contributed by atoms with E-state index in [2.05, 4.69) is 10.4 Å². The predicted octanol–water partition coefficient (Wildman–Crippen LogP) is 2.11. The Kier molecular flexibility index (Phi) is 4.47. The van der Waals surface area contributed by atoms with Crippen LogP contribution in [0.5, 0.6) is 0 Å². The molecule has 1 aliphatic rings. The van der Waals surface area contributed by atoms with E-state index in [-0.39, 0.29) is 12.0 Å². The summed E-state index contributed by atoms with van der Waals surface area (Å²) in [5.74, 6) is -0.893. The monoisotopic (exact) mass is 285 g/mol. The molecule has 2 N–H and O–H groups in total. The van der Waals surface area contributed by atoms with E-state index in [9.17, 15) is 4.79 Å². The Bertz CT molecular complexity index is 473. The molecule has 1 aromatic heterocycles. The Balaban J connectivity index is 1.93. The maximum atomic E-state index is 11.0. The number of carboxylic acid groups (broad SMARTS) is 1. The molecule has 1 aromatic rings. The van der Waals surface area contributed by atoms with Crippen molar-refractivity contribution in [2.75, 3.05) is 0 Å². The van der Waals surface area contributed by atoms with Crippen LogP contribution in [-0.2, 0) is 18.4 Å². The van der Waals surface area contributed by atoms with Crippen LogP contribution in [0.4, 0.5) is 0 Å². The van der Waals surface area contributed by atoms with E-state index in [4.69, 9.17) is 16.7 Å². The summed E-state index contributed by atoms with van der Waals surface area (Å²) < 4.78 is 1.78. The minimum Gasteiger partial charge on any atom is -0.481 e. The molecule has 0 aromatic carbocycles. The van der Waals surface area contributed by atoms with Gasteiger partial charge in [-0.15, -0.1) is 0 Å². The molecular formula is C13H20ClN3O2. The fourth-order valence-corrected chi connectivity index (χ4v) is 2.94. The number of aliphatic carboxylic acids is 1. The highest BCUT2D eigenvalue weighted by Crippen LogP contribution is 2.25. The molecule has 0 amide bonds. The molecular weight excluding hydrogens is 266 g/mol. The van der Waals surface area contributed by atoms with Gasteiger partial charge in [0, 0.05) is 19.6 Å². The van der Waals surface area contributed by atoms with Gasteiger partial charge >= 0.3 is 5.97 Å². The highest BCUT2D eigenvalue weighted by Gasteiger charge is 2.26. The third-order valence-corrected chi connectivity index (χ3v) is 4.33. The SMILES string of the molecule is Cc1nn(C)c(CNC2CCCC(C(=O)O)C2)c1Cl. The van der Waals surface area contributed by atoms with E-state index < -0.39 is 5.97 Å². The van der Waals surface area contributed by atoms with E-state index in [0.29, 0.717) is 18.0 Å². The second kappa shape index (κ2) is 5.92. The lowest BCUT2D eigenvalue weighted by atomic mass is 9.86. The number of halogens is 1. The zero-order chi connectivity index (χ0) is 14.0. The number of nitrogens with one attached hydrogen (secondary N) is 1. The van der Waals surface area contributed by atoms with Crippen LogP contribution in [0.25, 0.3) is 0 Å². The minimum absolute atomic E-state index is 0.213. The van der Waals surface area contributed by atoms with E-state index in [1.54, 1.807) is 4.68 Å². The Morgan fingerprint density at radius 2 is 2.32 bits per heavy atom. The van der Waals surface area contributed by atoms with Crippen LogP contribution in [0.2, 0.25) is 5.02 Å². The Labute approximate surface area is 117 Å². The molecule has 1 heterocycles. The van der Waals surface area contributed by atoms with Crippen molar-refractivity contribution in [1.82, 2.24) is 15.1 Å². The number of aromatic nitrogens is 2. The van der Waals surface area contributed by atoms with E-state index >= 15 is 0 Å². The first-order chi connectivity index (χ1) is 8.99. The Morgan fingerprint density at radius 3 is 2.89 bits per heavy atom. The zero-order valence-electron chi connectivity index (χ0n) is 11.3. The second-order valence-electron chi connectivity index (χ2n) is 5.25. The van der Waals surface area contributed by atoms with Gasteiger partial charge in [0.25, 0.3) is 0 Å². The summed E-state index contributed by atoms with van der Waals surface area (Å²) >= 11 is 6.19. The molecule has 0 aliphatic heterocycles. The van der Waals surface area contributed by atoms with Gasteiger partial charge in [-0.1, -0.05) is 18.0 Å². The molecule has 106 valence electrons. The van der Waals surface area contributed by atoms with Gasteiger partial charge < -0.3 is 10.4 Å². The largest absolute Gasteiger partial charge is 0.481 e. The Morgan fingerprint density at radius 1 is 1.58 bits per heavy atom. The molecule has 1 aliphatic carbocycles. The quantitative estimate of drug-likeness (QED) is 0.889. The second-order valence-corrected chi connectivity index (χ2v) is 5.63. The first kappa shape index (κ1) is 14.3. The lowest BCUT2D eigenvalue weighted by Gasteiger charge is -2.27. The number of carboxylic acids is 1. The van der Waals surface area contributed by atoms with Crippen molar-refractivity contribution in [3.63, 3.8) is 0 Å². The van der Waals surface area contributed by atoms with E-state index in [1.165, 1.54) is 0 Å². The molecule has 0 bridgehead atoms. The molecule has 0 spiro atoms. The topological polar surface area (TPSA) is 67.2 Å². The molecule has 19 heavy (non-hydrogen) atoms. The van der Waals surface area contributed by atoms with Crippen molar-refractivity contribution >= 4 is 17.6 Å². The number of hydrogen-bond acceptors (Lipinski definition) is 3. The summed E-state index contributed by atoms with van der Waals surface area (Å²) in [6, 6.07) is 0.251. The molecule has 0 saturated heterocycles. The first-order valence-corrected chi connectivity index (χ1v) is 7.01. The lowest BCUT2D eigenvalue weighted by Crippen LogP contribution is -2.36. The van der Waals surface area contributed by atoms with Gasteiger partial charge in [-0.3, -0.25) is 9.48 Å². The molecule has 2 atom stereocenters. The number of nitrogens with zero attached hydrogens (tertiary/aromatic N) is 2. The van der Waals surface area contributed by atoms with Crippen LogP contribution in [0.15, 0.2) is 0 Å². The van der Waals surface area contributed by atoms with Crippen LogP contribution < -0.4 is 5.32 Å². The lowest BCUT2D eigenvalue weighted by molar-refractivity contribution is -0.143. The molecule has 0 radical (unpaired) electrons. The van der Waals surface area contributed by atoms with Crippen molar-refractivity contribution in [1.29, 1.82) is 0 Å². The average Bonchev–Trinajstić information content (AvgIpc) is 2.61. The third-order valence-electron chi connectivity index (χ3n) is 3.84. The molecule has 1 saturated carbocycles. The van der Waals surface area contributed by atoms with Gasteiger partial charge in [-0.05, 0) is 26.2 Å². The number of hydrogen-bond donors (Lipinski definition) is 2. The summed E-state index contributed by atoms with van der Waals surface area (Å²) in [5, 5.41) is 17.4. The summed E-state index contributed by atoms with van der Waals surface area (Å²) in [5.41, 5.74) is 1.78. The van der Waals surface area contributed by atoms with E-state index in [0.717, 1.165) is 30.7 Å². The summed E-state index contributed by atoms with van der Waals surface area (Å²) in [7, 11) is 1.87. The average molecular weight is 286 g/mol. The minimum atomic E-state index is -0.680. The van der Waals surface area contributed by atoms with Crippen LogP contribution >= 0.6 is 11.6 Å². The van der Waals surface area contributed by atoms with Crippen LogP contribution in [0.1, 0.15) is 37.1 Å². The first-order valence-electron chi connectivity index (χ1n) is 6.63. The van der Waals surface area contributed by atoms with Gasteiger partial charge in [-0.2, -0.15) is 5.10 Å². The predicted molar refractivity (Wildman–Crippen MR) is 73.2 cm³/mol. The molecule has 6 heteroatoms. The normalized spacial score (nSPS) is 23.5. The van der Waals surface area contributed by atoms with Crippen LogP contribution in [0, 0.1) is 12.8 Å². The summed E-state index contributed by atoms with van der Waals surface area (Å²) in [6.07, 6.45) is 3.48. The van der Waals surface area contributed by atoms with Crippen molar-refractivity contribution in [3.8, 4) is 0 Å². The van der Waals surface area contributed by atoms with Crippen molar-refractivity contribution in [3.05, 3.63) is 16.4 Å². The number of rotatable bonds is 4. The number of aryl methyl sites for hydroxylation is 2. The fourth-order valence-electron chi connectivity index (χ4n) is 2.71. The van der Waals surface area contributed by atoms with Gasteiger partial charge in [0.2, 0.25) is 0 Å². The molecule has 2 rings (SSSR count). The maximum Gasteiger partial charge on any atom is 0.306 e.